The van der Waals surface area contributed by atoms with Crippen molar-refractivity contribution in [3.8, 4) is 0 Å². The van der Waals surface area contributed by atoms with Crippen molar-refractivity contribution in [1.29, 1.82) is 0 Å². The Morgan fingerprint density at radius 2 is 2.05 bits per heavy atom. The summed E-state index contributed by atoms with van der Waals surface area (Å²) in [6.07, 6.45) is 0.712. The van der Waals surface area contributed by atoms with Gasteiger partial charge in [-0.25, -0.2) is 17.5 Å². The van der Waals surface area contributed by atoms with E-state index in [0.29, 0.717) is 23.1 Å². The van der Waals surface area contributed by atoms with Crippen LogP contribution in [-0.2, 0) is 16.4 Å². The van der Waals surface area contributed by atoms with Crippen molar-refractivity contribution < 1.29 is 13.2 Å². The molecule has 0 bridgehead atoms. The minimum Gasteiger partial charge on any atom is -0.341 e. The van der Waals surface area contributed by atoms with Crippen molar-refractivity contribution in [2.75, 3.05) is 32.6 Å². The molecule has 1 aliphatic rings. The Hall–Kier alpha value is -1.12. The van der Waals surface area contributed by atoms with Crippen LogP contribution in [0.1, 0.15) is 5.56 Å². The highest BCUT2D eigenvalue weighted by Gasteiger charge is 2.29. The zero-order valence-corrected chi connectivity index (χ0v) is 13.9. The number of amides is 2. The molecule has 0 unspecified atom stereocenters. The number of sulfonamides is 1. The Balaban J connectivity index is 2.57. The third kappa shape index (κ3) is 2.43. The smallest absolute Gasteiger partial charge is 0.321 e. The van der Waals surface area contributed by atoms with Gasteiger partial charge in [0.2, 0.25) is 10.0 Å². The summed E-state index contributed by atoms with van der Waals surface area (Å²) in [5, 5.41) is 2.56. The maximum Gasteiger partial charge on any atom is 0.321 e. The molecule has 110 valence electrons. The molecule has 0 atom stereocenters. The second-order valence-electron chi connectivity index (χ2n) is 4.66. The molecule has 2 amide bonds. The normalized spacial score (nSPS) is 14.6. The van der Waals surface area contributed by atoms with E-state index in [9.17, 15) is 13.2 Å². The van der Waals surface area contributed by atoms with Crippen molar-refractivity contribution in [2.45, 2.75) is 11.3 Å². The van der Waals surface area contributed by atoms with Crippen LogP contribution in [-0.4, -0.2) is 46.4 Å². The fraction of sp³-hybridized carbons (Fsp3) is 0.417. The first-order valence-electron chi connectivity index (χ1n) is 6.03. The molecule has 0 saturated heterocycles. The first kappa shape index (κ1) is 15.3. The van der Waals surface area contributed by atoms with Gasteiger partial charge < -0.3 is 5.32 Å². The molecule has 1 aromatic rings. The van der Waals surface area contributed by atoms with Gasteiger partial charge in [-0.1, -0.05) is 0 Å². The van der Waals surface area contributed by atoms with Crippen molar-refractivity contribution in [3.05, 3.63) is 22.2 Å². The first-order chi connectivity index (χ1) is 9.28. The number of halogens is 1. The van der Waals surface area contributed by atoms with E-state index in [1.165, 1.54) is 14.1 Å². The molecule has 1 aromatic carbocycles. The molecule has 0 radical (unpaired) electrons. The van der Waals surface area contributed by atoms with E-state index < -0.39 is 10.0 Å². The molecule has 0 aliphatic carbocycles. The van der Waals surface area contributed by atoms with Gasteiger partial charge >= 0.3 is 6.03 Å². The van der Waals surface area contributed by atoms with Crippen molar-refractivity contribution >= 4 is 37.7 Å². The number of nitrogens with one attached hydrogen (secondary N) is 1. The van der Waals surface area contributed by atoms with E-state index in [2.05, 4.69) is 21.2 Å². The van der Waals surface area contributed by atoms with Crippen LogP contribution >= 0.6 is 15.9 Å². The summed E-state index contributed by atoms with van der Waals surface area (Å²) in [6.45, 7) is 0.549. The predicted octanol–water partition coefficient (Wildman–Crippen LogP) is 1.40. The predicted molar refractivity (Wildman–Crippen MR) is 80.5 cm³/mol. The number of carbonyl (C=O) groups is 1. The number of carbonyl (C=O) groups excluding carboxylic acids is 1. The van der Waals surface area contributed by atoms with E-state index in [4.69, 9.17) is 0 Å². The third-order valence-electron chi connectivity index (χ3n) is 3.25. The Labute approximate surface area is 126 Å². The van der Waals surface area contributed by atoms with Gasteiger partial charge in [-0.05, 0) is 40.0 Å². The number of benzene rings is 1. The fourth-order valence-corrected chi connectivity index (χ4v) is 4.09. The van der Waals surface area contributed by atoms with Crippen LogP contribution in [0.3, 0.4) is 0 Å². The molecule has 20 heavy (non-hydrogen) atoms. The van der Waals surface area contributed by atoms with E-state index in [1.54, 1.807) is 24.1 Å². The summed E-state index contributed by atoms with van der Waals surface area (Å²) in [5.41, 5.74) is 1.60. The van der Waals surface area contributed by atoms with Gasteiger partial charge in [0.1, 0.15) is 0 Å². The summed E-state index contributed by atoms with van der Waals surface area (Å²) in [6, 6.07) is 3.09. The lowest BCUT2D eigenvalue weighted by Crippen LogP contribution is -2.36. The number of hydrogen-bond acceptors (Lipinski definition) is 3. The zero-order chi connectivity index (χ0) is 15.1. The van der Waals surface area contributed by atoms with Crippen LogP contribution in [0.5, 0.6) is 0 Å². The van der Waals surface area contributed by atoms with Crippen LogP contribution < -0.4 is 10.2 Å². The number of nitrogens with zero attached hydrogens (tertiary/aromatic N) is 2. The minimum absolute atomic E-state index is 0.164. The highest BCUT2D eigenvalue weighted by molar-refractivity contribution is 9.10. The number of anilines is 1. The van der Waals surface area contributed by atoms with Crippen LogP contribution in [0, 0.1) is 0 Å². The van der Waals surface area contributed by atoms with Gasteiger partial charge in [-0.2, -0.15) is 0 Å². The standard InChI is InChI=1S/C12H16BrN3O3S/c1-14-12(17)16-5-4-8-6-9(13)11(7-10(8)16)20(18,19)15(2)3/h6-7H,4-5H2,1-3H3,(H,14,17). The Bertz CT molecular complexity index is 658. The maximum atomic E-state index is 12.3. The molecule has 1 heterocycles. The molecule has 0 saturated carbocycles. The number of fused-ring (bicyclic) bond motifs is 1. The Kier molecular flexibility index (Phi) is 4.08. The summed E-state index contributed by atoms with van der Waals surface area (Å²) >= 11 is 3.30. The third-order valence-corrected chi connectivity index (χ3v) is 6.02. The van der Waals surface area contributed by atoms with Crippen molar-refractivity contribution in [3.63, 3.8) is 0 Å². The highest BCUT2D eigenvalue weighted by atomic mass is 79.9. The SMILES string of the molecule is CNC(=O)N1CCc2cc(Br)c(S(=O)(=O)N(C)C)cc21. The quantitative estimate of drug-likeness (QED) is 0.865. The molecule has 0 aromatic heterocycles. The van der Waals surface area contributed by atoms with Crippen molar-refractivity contribution in [1.82, 2.24) is 9.62 Å². The second-order valence-corrected chi connectivity index (χ2v) is 7.63. The van der Waals surface area contributed by atoms with Gasteiger partial charge in [0.25, 0.3) is 0 Å². The fourth-order valence-electron chi connectivity index (χ4n) is 2.13. The van der Waals surface area contributed by atoms with Crippen molar-refractivity contribution in [2.24, 2.45) is 0 Å². The average molecular weight is 362 g/mol. The lowest BCUT2D eigenvalue weighted by Gasteiger charge is -2.19. The van der Waals surface area contributed by atoms with Gasteiger partial charge in [-0.15, -0.1) is 0 Å². The maximum absolute atomic E-state index is 12.3. The molecule has 0 fully saturated rings. The second kappa shape index (κ2) is 5.34. The molecule has 1 aliphatic heterocycles. The molecule has 6 nitrogen and oxygen atoms in total. The van der Waals surface area contributed by atoms with Crippen LogP contribution in [0.2, 0.25) is 0 Å². The molecular formula is C12H16BrN3O3S. The van der Waals surface area contributed by atoms with Crippen LogP contribution in [0.25, 0.3) is 0 Å². The summed E-state index contributed by atoms with van der Waals surface area (Å²) in [5.74, 6) is 0. The Morgan fingerprint density at radius 3 is 2.60 bits per heavy atom. The molecule has 2 rings (SSSR count). The highest BCUT2D eigenvalue weighted by Crippen LogP contribution is 2.36. The Morgan fingerprint density at radius 1 is 1.40 bits per heavy atom. The average Bonchev–Trinajstić information content (AvgIpc) is 2.79. The van der Waals surface area contributed by atoms with E-state index >= 15 is 0 Å². The summed E-state index contributed by atoms with van der Waals surface area (Å²) < 4.78 is 26.2. The number of rotatable bonds is 2. The van der Waals surface area contributed by atoms with Crippen LogP contribution in [0.4, 0.5) is 10.5 Å². The van der Waals surface area contributed by atoms with Gasteiger partial charge in [-0.3, -0.25) is 4.90 Å². The number of urea groups is 1. The molecule has 0 spiro atoms. The van der Waals surface area contributed by atoms with Gasteiger partial charge in [0.05, 0.1) is 10.6 Å². The molecular weight excluding hydrogens is 346 g/mol. The van der Waals surface area contributed by atoms with E-state index in [0.717, 1.165) is 9.87 Å². The largest absolute Gasteiger partial charge is 0.341 e. The van der Waals surface area contributed by atoms with E-state index in [-0.39, 0.29) is 10.9 Å². The topological polar surface area (TPSA) is 69.7 Å². The van der Waals surface area contributed by atoms with Gasteiger partial charge in [0, 0.05) is 32.2 Å². The minimum atomic E-state index is -3.56. The lowest BCUT2D eigenvalue weighted by atomic mass is 10.2. The zero-order valence-electron chi connectivity index (χ0n) is 11.5. The summed E-state index contributed by atoms with van der Waals surface area (Å²) in [4.78, 5) is 13.5. The van der Waals surface area contributed by atoms with Gasteiger partial charge in [0.15, 0.2) is 0 Å². The molecule has 1 N–H and O–H groups in total. The lowest BCUT2D eigenvalue weighted by molar-refractivity contribution is 0.248. The van der Waals surface area contributed by atoms with Crippen LogP contribution in [0.15, 0.2) is 21.5 Å². The first-order valence-corrected chi connectivity index (χ1v) is 8.26. The summed E-state index contributed by atoms with van der Waals surface area (Å²) in [7, 11) is 0.951. The number of hydrogen-bond donors (Lipinski definition) is 1. The molecule has 8 heteroatoms. The monoisotopic (exact) mass is 361 g/mol. The van der Waals surface area contributed by atoms with E-state index in [1.807, 2.05) is 0 Å².